The zero-order valence-corrected chi connectivity index (χ0v) is 12.4. The second-order valence-corrected chi connectivity index (χ2v) is 8.16. The maximum absolute atomic E-state index is 3.71. The molecule has 2 unspecified atom stereocenters. The van der Waals surface area contributed by atoms with Gasteiger partial charge in [-0.1, -0.05) is 46.0 Å². The Hall–Kier alpha value is -0.0400. The highest BCUT2D eigenvalue weighted by atomic mass is 14.9. The molecular formula is C17H31N. The lowest BCUT2D eigenvalue weighted by molar-refractivity contribution is -0.0228. The topological polar surface area (TPSA) is 12.0 Å². The molecule has 1 N–H and O–H groups in total. The van der Waals surface area contributed by atoms with Gasteiger partial charge in [0.1, 0.15) is 0 Å². The monoisotopic (exact) mass is 249 g/mol. The summed E-state index contributed by atoms with van der Waals surface area (Å²) in [5.74, 6) is 2.04. The van der Waals surface area contributed by atoms with Crippen molar-refractivity contribution in [3.8, 4) is 0 Å². The van der Waals surface area contributed by atoms with E-state index in [9.17, 15) is 0 Å². The van der Waals surface area contributed by atoms with Gasteiger partial charge in [0.05, 0.1) is 0 Å². The van der Waals surface area contributed by atoms with Crippen LogP contribution < -0.4 is 5.32 Å². The molecule has 0 aromatic carbocycles. The summed E-state index contributed by atoms with van der Waals surface area (Å²) in [6.07, 6.45) is 13.5. The van der Waals surface area contributed by atoms with Crippen LogP contribution in [0.3, 0.4) is 0 Å². The zero-order valence-electron chi connectivity index (χ0n) is 12.4. The molecule has 1 spiro atoms. The predicted molar refractivity (Wildman–Crippen MR) is 77.6 cm³/mol. The van der Waals surface area contributed by atoms with Crippen molar-refractivity contribution in [2.75, 3.05) is 13.1 Å². The average Bonchev–Trinajstić information content (AvgIpc) is 2.81. The van der Waals surface area contributed by atoms with Gasteiger partial charge in [0, 0.05) is 0 Å². The van der Waals surface area contributed by atoms with E-state index in [1.807, 2.05) is 0 Å². The lowest BCUT2D eigenvalue weighted by Crippen LogP contribution is -2.51. The predicted octanol–water partition coefficient (Wildman–Crippen LogP) is 4.37. The molecule has 0 aromatic rings. The normalized spacial score (nSPS) is 41.3. The van der Waals surface area contributed by atoms with Crippen molar-refractivity contribution in [2.45, 2.75) is 71.6 Å². The van der Waals surface area contributed by atoms with E-state index in [1.54, 1.807) is 0 Å². The SMILES string of the molecule is CC1(C)CCCC2(CCNCC2C2CCCC2)C1. The number of rotatable bonds is 1. The van der Waals surface area contributed by atoms with Gasteiger partial charge in [0.25, 0.3) is 0 Å². The third-order valence-electron chi connectivity index (χ3n) is 6.28. The number of hydrogen-bond donors (Lipinski definition) is 1. The molecule has 1 heterocycles. The highest BCUT2D eigenvalue weighted by molar-refractivity contribution is 5.00. The molecule has 18 heavy (non-hydrogen) atoms. The van der Waals surface area contributed by atoms with E-state index in [4.69, 9.17) is 0 Å². The van der Waals surface area contributed by atoms with Crippen LogP contribution in [-0.4, -0.2) is 13.1 Å². The molecule has 2 atom stereocenters. The highest BCUT2D eigenvalue weighted by Gasteiger charge is 2.48. The standard InChI is InChI=1S/C17H31N/c1-16(2)8-5-9-17(13-16)10-11-18-12-15(17)14-6-3-4-7-14/h14-15,18H,3-13H2,1-2H3. The summed E-state index contributed by atoms with van der Waals surface area (Å²) in [5, 5.41) is 3.71. The fourth-order valence-electron chi connectivity index (χ4n) is 5.60. The van der Waals surface area contributed by atoms with E-state index >= 15 is 0 Å². The molecule has 3 aliphatic rings. The van der Waals surface area contributed by atoms with Crippen LogP contribution in [0.1, 0.15) is 71.6 Å². The number of piperidine rings is 1. The molecule has 3 rings (SSSR count). The molecular weight excluding hydrogens is 218 g/mol. The first kappa shape index (κ1) is 13.0. The number of nitrogens with one attached hydrogen (secondary N) is 1. The molecule has 1 saturated heterocycles. The Labute approximate surface area is 113 Å². The Kier molecular flexibility index (Phi) is 3.47. The molecule has 2 saturated carbocycles. The first-order chi connectivity index (χ1) is 8.61. The van der Waals surface area contributed by atoms with Crippen molar-refractivity contribution in [1.29, 1.82) is 0 Å². The lowest BCUT2D eigenvalue weighted by atomic mass is 9.54. The van der Waals surface area contributed by atoms with E-state index in [-0.39, 0.29) is 0 Å². The third-order valence-corrected chi connectivity index (χ3v) is 6.28. The van der Waals surface area contributed by atoms with Crippen molar-refractivity contribution < 1.29 is 0 Å². The second kappa shape index (κ2) is 4.81. The van der Waals surface area contributed by atoms with Gasteiger partial charge in [-0.05, 0) is 61.4 Å². The van der Waals surface area contributed by atoms with Crippen molar-refractivity contribution in [1.82, 2.24) is 5.32 Å². The molecule has 0 aromatic heterocycles. The summed E-state index contributed by atoms with van der Waals surface area (Å²) in [5.41, 5.74) is 1.31. The van der Waals surface area contributed by atoms with Crippen LogP contribution in [0.2, 0.25) is 0 Å². The Morgan fingerprint density at radius 2 is 1.72 bits per heavy atom. The summed E-state index contributed by atoms with van der Waals surface area (Å²) >= 11 is 0. The van der Waals surface area contributed by atoms with Crippen molar-refractivity contribution in [3.05, 3.63) is 0 Å². The highest BCUT2D eigenvalue weighted by Crippen LogP contribution is 2.56. The fourth-order valence-corrected chi connectivity index (χ4v) is 5.60. The maximum atomic E-state index is 3.71. The van der Waals surface area contributed by atoms with Gasteiger partial charge in [-0.3, -0.25) is 0 Å². The Balaban J connectivity index is 1.81. The molecule has 3 fully saturated rings. The van der Waals surface area contributed by atoms with Gasteiger partial charge in [-0.15, -0.1) is 0 Å². The quantitative estimate of drug-likeness (QED) is 0.727. The first-order valence-electron chi connectivity index (χ1n) is 8.32. The molecule has 104 valence electrons. The minimum Gasteiger partial charge on any atom is -0.316 e. The lowest BCUT2D eigenvalue weighted by Gasteiger charge is -2.54. The summed E-state index contributed by atoms with van der Waals surface area (Å²) in [7, 11) is 0. The average molecular weight is 249 g/mol. The van der Waals surface area contributed by atoms with E-state index in [2.05, 4.69) is 19.2 Å². The minimum absolute atomic E-state index is 0.604. The molecule has 0 radical (unpaired) electrons. The van der Waals surface area contributed by atoms with Crippen LogP contribution >= 0.6 is 0 Å². The summed E-state index contributed by atoms with van der Waals surface area (Å²) in [6, 6.07) is 0. The molecule has 1 heteroatoms. The van der Waals surface area contributed by atoms with Crippen molar-refractivity contribution in [3.63, 3.8) is 0 Å². The minimum atomic E-state index is 0.604. The van der Waals surface area contributed by atoms with Crippen molar-refractivity contribution in [2.24, 2.45) is 22.7 Å². The molecule has 1 aliphatic heterocycles. The van der Waals surface area contributed by atoms with Gasteiger partial charge in [0.2, 0.25) is 0 Å². The van der Waals surface area contributed by atoms with E-state index < -0.39 is 0 Å². The molecule has 1 nitrogen and oxygen atoms in total. The first-order valence-corrected chi connectivity index (χ1v) is 8.32. The third kappa shape index (κ3) is 2.35. The van der Waals surface area contributed by atoms with Crippen LogP contribution in [-0.2, 0) is 0 Å². The van der Waals surface area contributed by atoms with Crippen LogP contribution in [0.25, 0.3) is 0 Å². The fraction of sp³-hybridized carbons (Fsp3) is 1.00. The summed E-state index contributed by atoms with van der Waals surface area (Å²) < 4.78 is 0. The van der Waals surface area contributed by atoms with Crippen molar-refractivity contribution >= 4 is 0 Å². The smallest absolute Gasteiger partial charge is 0.00125 e. The van der Waals surface area contributed by atoms with E-state index in [0.717, 1.165) is 11.8 Å². The number of hydrogen-bond acceptors (Lipinski definition) is 1. The summed E-state index contributed by atoms with van der Waals surface area (Å²) in [6.45, 7) is 7.63. The van der Waals surface area contributed by atoms with Crippen LogP contribution in [0.15, 0.2) is 0 Å². The maximum Gasteiger partial charge on any atom is -0.00125 e. The van der Waals surface area contributed by atoms with Crippen LogP contribution in [0.5, 0.6) is 0 Å². The Morgan fingerprint density at radius 1 is 0.944 bits per heavy atom. The van der Waals surface area contributed by atoms with Gasteiger partial charge < -0.3 is 5.32 Å². The largest absolute Gasteiger partial charge is 0.316 e. The van der Waals surface area contributed by atoms with Crippen LogP contribution in [0.4, 0.5) is 0 Å². The molecule has 0 amide bonds. The van der Waals surface area contributed by atoms with Crippen LogP contribution in [0, 0.1) is 22.7 Å². The van der Waals surface area contributed by atoms with E-state index in [1.165, 1.54) is 70.9 Å². The Morgan fingerprint density at radius 3 is 2.44 bits per heavy atom. The van der Waals surface area contributed by atoms with Gasteiger partial charge in [-0.25, -0.2) is 0 Å². The van der Waals surface area contributed by atoms with Gasteiger partial charge in [0.15, 0.2) is 0 Å². The second-order valence-electron chi connectivity index (χ2n) is 8.16. The molecule has 2 aliphatic carbocycles. The molecule has 0 bridgehead atoms. The zero-order chi connectivity index (χ0) is 12.6. The van der Waals surface area contributed by atoms with Gasteiger partial charge in [-0.2, -0.15) is 0 Å². The van der Waals surface area contributed by atoms with Gasteiger partial charge >= 0.3 is 0 Å². The summed E-state index contributed by atoms with van der Waals surface area (Å²) in [4.78, 5) is 0. The Bertz CT molecular complexity index is 286. The van der Waals surface area contributed by atoms with E-state index in [0.29, 0.717) is 10.8 Å².